The first-order chi connectivity index (χ1) is 9.17. The summed E-state index contributed by atoms with van der Waals surface area (Å²) in [5.41, 5.74) is 1.76. The Labute approximate surface area is 119 Å². The van der Waals surface area contributed by atoms with Gasteiger partial charge >= 0.3 is 0 Å². The van der Waals surface area contributed by atoms with E-state index < -0.39 is 0 Å². The average molecular weight is 291 g/mol. The number of rotatable bonds is 3. The lowest BCUT2D eigenvalue weighted by molar-refractivity contribution is 0.399. The van der Waals surface area contributed by atoms with Gasteiger partial charge in [-0.25, -0.2) is 0 Å². The molecule has 0 amide bonds. The van der Waals surface area contributed by atoms with Gasteiger partial charge in [0.2, 0.25) is 5.88 Å². The molecule has 0 fully saturated rings. The Morgan fingerprint density at radius 1 is 1.37 bits per heavy atom. The lowest BCUT2D eigenvalue weighted by Gasteiger charge is -2.03. The summed E-state index contributed by atoms with van der Waals surface area (Å²) >= 11 is 7.14. The summed E-state index contributed by atoms with van der Waals surface area (Å²) in [6.07, 6.45) is 0. The van der Waals surface area contributed by atoms with Crippen LogP contribution in [0.1, 0.15) is 9.75 Å². The Morgan fingerprint density at radius 2 is 2.21 bits per heavy atom. The van der Waals surface area contributed by atoms with Crippen molar-refractivity contribution in [3.05, 3.63) is 38.8 Å². The molecule has 0 aliphatic rings. The summed E-state index contributed by atoms with van der Waals surface area (Å²) < 4.78 is 7.85. The molecule has 0 spiro atoms. The molecule has 0 aliphatic carbocycles. The molecule has 0 atom stereocenters. The second-order valence-electron chi connectivity index (χ2n) is 4.25. The second kappa shape index (κ2) is 4.79. The Balaban J connectivity index is 2.11. The van der Waals surface area contributed by atoms with Crippen LogP contribution in [-0.2, 0) is 6.54 Å². The van der Waals surface area contributed by atoms with Crippen LogP contribution in [0.15, 0.2) is 24.3 Å². The second-order valence-corrected chi connectivity index (χ2v) is 6.01. The van der Waals surface area contributed by atoms with Gasteiger partial charge in [-0.2, -0.15) is 4.98 Å². The molecule has 3 aromatic heterocycles. The van der Waals surface area contributed by atoms with E-state index in [0.717, 1.165) is 17.7 Å². The van der Waals surface area contributed by atoms with Crippen LogP contribution in [0, 0.1) is 11.7 Å². The number of hydrogen-bond acceptors (Lipinski definition) is 4. The minimum atomic E-state index is 0.595. The third-order valence-electron chi connectivity index (χ3n) is 2.91. The number of aryl methyl sites for hydroxylation is 1. The van der Waals surface area contributed by atoms with E-state index in [2.05, 4.69) is 29.0 Å². The van der Waals surface area contributed by atoms with Crippen molar-refractivity contribution in [3.63, 3.8) is 0 Å². The van der Waals surface area contributed by atoms with Crippen molar-refractivity contribution in [1.29, 1.82) is 0 Å². The van der Waals surface area contributed by atoms with Gasteiger partial charge in [0, 0.05) is 15.8 Å². The average Bonchev–Trinajstić information content (AvgIpc) is 2.94. The molecule has 3 heterocycles. The van der Waals surface area contributed by atoms with E-state index >= 15 is 0 Å². The van der Waals surface area contributed by atoms with Gasteiger partial charge in [-0.15, -0.1) is 11.3 Å². The molecular weight excluding hydrogens is 278 g/mol. The van der Waals surface area contributed by atoms with E-state index in [4.69, 9.17) is 17.0 Å². The van der Waals surface area contributed by atoms with Gasteiger partial charge in [-0.3, -0.25) is 4.57 Å². The van der Waals surface area contributed by atoms with Crippen molar-refractivity contribution >= 4 is 34.7 Å². The fourth-order valence-electron chi connectivity index (χ4n) is 2.00. The van der Waals surface area contributed by atoms with Gasteiger partial charge in [0.15, 0.2) is 10.4 Å². The van der Waals surface area contributed by atoms with E-state index in [9.17, 15) is 0 Å². The standard InChI is InChI=1S/C13H13N3OS2/c1-8-3-4-9(19-8)7-16-12-10(14-13(16)18)5-6-11(15-12)17-2/h3-6H,7H2,1-2H3,(H,14,18). The quantitative estimate of drug-likeness (QED) is 0.751. The molecule has 0 unspecified atom stereocenters. The third kappa shape index (κ3) is 2.29. The number of nitrogens with one attached hydrogen (secondary N) is 1. The van der Waals surface area contributed by atoms with Crippen molar-refractivity contribution in [2.75, 3.05) is 7.11 Å². The fraction of sp³-hybridized carbons (Fsp3) is 0.231. The first-order valence-electron chi connectivity index (χ1n) is 5.86. The topological polar surface area (TPSA) is 42.8 Å². The number of pyridine rings is 1. The molecule has 3 rings (SSSR count). The molecule has 4 nitrogen and oxygen atoms in total. The molecule has 6 heteroatoms. The Morgan fingerprint density at radius 3 is 2.89 bits per heavy atom. The van der Waals surface area contributed by atoms with Crippen molar-refractivity contribution in [2.24, 2.45) is 0 Å². The first kappa shape index (κ1) is 12.4. The summed E-state index contributed by atoms with van der Waals surface area (Å²) in [5.74, 6) is 0.595. The zero-order chi connectivity index (χ0) is 13.4. The molecule has 0 aromatic carbocycles. The predicted octanol–water partition coefficient (Wildman–Crippen LogP) is 3.52. The highest BCUT2D eigenvalue weighted by Gasteiger charge is 2.08. The van der Waals surface area contributed by atoms with E-state index in [-0.39, 0.29) is 0 Å². The first-order valence-corrected chi connectivity index (χ1v) is 7.09. The van der Waals surface area contributed by atoms with E-state index in [1.165, 1.54) is 9.75 Å². The number of methoxy groups -OCH3 is 1. The lowest BCUT2D eigenvalue weighted by atomic mass is 10.4. The van der Waals surface area contributed by atoms with E-state index in [1.54, 1.807) is 18.4 Å². The van der Waals surface area contributed by atoms with Gasteiger partial charge in [-0.05, 0) is 37.3 Å². The molecule has 1 N–H and O–H groups in total. The van der Waals surface area contributed by atoms with Gasteiger partial charge in [0.25, 0.3) is 0 Å². The van der Waals surface area contributed by atoms with Gasteiger partial charge < -0.3 is 9.72 Å². The number of aromatic amines is 1. The SMILES string of the molecule is COc1ccc2[nH]c(=S)n(Cc3ccc(C)s3)c2n1. The summed E-state index contributed by atoms with van der Waals surface area (Å²) in [6, 6.07) is 8.01. The Hall–Kier alpha value is -1.66. The summed E-state index contributed by atoms with van der Waals surface area (Å²) in [6.45, 7) is 2.83. The molecule has 19 heavy (non-hydrogen) atoms. The molecule has 0 saturated carbocycles. The highest BCUT2D eigenvalue weighted by Crippen LogP contribution is 2.21. The van der Waals surface area contributed by atoms with Gasteiger partial charge in [0.05, 0.1) is 19.2 Å². The molecule has 98 valence electrons. The molecule has 3 aromatic rings. The van der Waals surface area contributed by atoms with Gasteiger partial charge in [0.1, 0.15) is 0 Å². The lowest BCUT2D eigenvalue weighted by Crippen LogP contribution is -1.99. The van der Waals surface area contributed by atoms with Crippen LogP contribution < -0.4 is 4.74 Å². The Kier molecular flexibility index (Phi) is 3.12. The van der Waals surface area contributed by atoms with Crippen LogP contribution in [0.5, 0.6) is 5.88 Å². The minimum absolute atomic E-state index is 0.595. The highest BCUT2D eigenvalue weighted by molar-refractivity contribution is 7.71. The van der Waals surface area contributed by atoms with Gasteiger partial charge in [-0.1, -0.05) is 0 Å². The summed E-state index contributed by atoms with van der Waals surface area (Å²) in [4.78, 5) is 10.2. The maximum absolute atomic E-state index is 5.37. The molecule has 0 saturated heterocycles. The zero-order valence-corrected chi connectivity index (χ0v) is 12.3. The van der Waals surface area contributed by atoms with E-state index in [0.29, 0.717) is 10.7 Å². The number of imidazole rings is 1. The number of nitrogens with zero attached hydrogens (tertiary/aromatic N) is 2. The van der Waals surface area contributed by atoms with Crippen LogP contribution in [0.3, 0.4) is 0 Å². The predicted molar refractivity (Wildman–Crippen MR) is 79.6 cm³/mol. The molecule has 0 aliphatic heterocycles. The van der Waals surface area contributed by atoms with Crippen LogP contribution >= 0.6 is 23.6 Å². The molecular formula is C13H13N3OS2. The summed E-state index contributed by atoms with van der Waals surface area (Å²) in [5, 5.41) is 0. The van der Waals surface area contributed by atoms with Crippen molar-refractivity contribution < 1.29 is 4.74 Å². The van der Waals surface area contributed by atoms with Crippen molar-refractivity contribution in [2.45, 2.75) is 13.5 Å². The normalized spacial score (nSPS) is 11.1. The number of H-pyrrole nitrogens is 1. The number of aromatic nitrogens is 3. The number of ether oxygens (including phenoxy) is 1. The smallest absolute Gasteiger partial charge is 0.215 e. The molecule has 0 radical (unpaired) electrons. The maximum atomic E-state index is 5.37. The van der Waals surface area contributed by atoms with Crippen LogP contribution in [-0.4, -0.2) is 21.6 Å². The monoisotopic (exact) mass is 291 g/mol. The number of thiophene rings is 1. The fourth-order valence-corrected chi connectivity index (χ4v) is 3.14. The highest BCUT2D eigenvalue weighted by atomic mass is 32.1. The van der Waals surface area contributed by atoms with Crippen molar-refractivity contribution in [3.8, 4) is 5.88 Å². The zero-order valence-electron chi connectivity index (χ0n) is 10.6. The van der Waals surface area contributed by atoms with Crippen LogP contribution in [0.25, 0.3) is 11.2 Å². The number of fused-ring (bicyclic) bond motifs is 1. The molecule has 0 bridgehead atoms. The Bertz CT molecular complexity index is 785. The third-order valence-corrected chi connectivity index (χ3v) is 4.22. The number of hydrogen-bond donors (Lipinski definition) is 1. The summed E-state index contributed by atoms with van der Waals surface area (Å²) in [7, 11) is 1.61. The van der Waals surface area contributed by atoms with E-state index in [1.807, 2.05) is 16.7 Å². The van der Waals surface area contributed by atoms with Crippen LogP contribution in [0.2, 0.25) is 0 Å². The van der Waals surface area contributed by atoms with Crippen LogP contribution in [0.4, 0.5) is 0 Å². The minimum Gasteiger partial charge on any atom is -0.481 e. The maximum Gasteiger partial charge on any atom is 0.215 e. The largest absolute Gasteiger partial charge is 0.481 e. The van der Waals surface area contributed by atoms with Crippen molar-refractivity contribution in [1.82, 2.24) is 14.5 Å².